The van der Waals surface area contributed by atoms with Crippen molar-refractivity contribution in [1.29, 1.82) is 5.26 Å². The lowest BCUT2D eigenvalue weighted by Crippen LogP contribution is -2.07. The van der Waals surface area contributed by atoms with Gasteiger partial charge in [-0.25, -0.2) is 0 Å². The summed E-state index contributed by atoms with van der Waals surface area (Å²) in [6.07, 6.45) is 1.37. The summed E-state index contributed by atoms with van der Waals surface area (Å²) in [5, 5.41) is 12.7. The second-order valence-corrected chi connectivity index (χ2v) is 7.12. The molecule has 4 aromatic rings. The van der Waals surface area contributed by atoms with Gasteiger partial charge in [-0.15, -0.1) is 0 Å². The molecule has 0 amide bonds. The van der Waals surface area contributed by atoms with Crippen molar-refractivity contribution in [2.24, 2.45) is 10.7 Å². The molecule has 0 aliphatic carbocycles. The molecular weight excluding hydrogens is 380 g/mol. The number of hydrogen-bond donors (Lipinski definition) is 2. The molecule has 0 bridgehead atoms. The van der Waals surface area contributed by atoms with Crippen molar-refractivity contribution in [3.8, 4) is 17.2 Å². The van der Waals surface area contributed by atoms with Crippen LogP contribution in [0.3, 0.4) is 0 Å². The lowest BCUT2D eigenvalue weighted by atomic mass is 10.0. The fraction of sp³-hybridized carbons (Fsp3) is 0.0370. The minimum absolute atomic E-state index is 0.421. The molecule has 3 N–H and O–H groups in total. The van der Waals surface area contributed by atoms with Crippen LogP contribution in [0, 0.1) is 11.3 Å². The summed E-state index contributed by atoms with van der Waals surface area (Å²) in [4.78, 5) is 4.45. The maximum atomic E-state index is 9.20. The molecule has 0 aromatic heterocycles. The van der Waals surface area contributed by atoms with Crippen LogP contribution in [-0.4, -0.2) is 6.21 Å². The van der Waals surface area contributed by atoms with Gasteiger partial charge < -0.3 is 11.1 Å². The number of nitrogens with zero attached hydrogens (tertiary/aromatic N) is 2. The standard InChI is InChI=1S/C27H22N4/c28-18-21-9-6-10-23(17-21)25-11-4-5-12-26(25)31-24-15-13-22(14-16-24)27(29)30-19-20-7-2-1-3-8-20/h1-17,19,27,31H,29H2. The van der Waals surface area contributed by atoms with E-state index >= 15 is 0 Å². The predicted molar refractivity (Wildman–Crippen MR) is 127 cm³/mol. The molecule has 0 spiro atoms. The number of hydrogen-bond acceptors (Lipinski definition) is 4. The lowest BCUT2D eigenvalue weighted by molar-refractivity contribution is 0.781. The minimum Gasteiger partial charge on any atom is -0.355 e. The normalized spacial score (nSPS) is 11.7. The van der Waals surface area contributed by atoms with E-state index in [4.69, 9.17) is 5.73 Å². The second kappa shape index (κ2) is 9.53. The Kier molecular flexibility index (Phi) is 6.18. The molecule has 4 rings (SSSR count). The first-order valence-electron chi connectivity index (χ1n) is 10.0. The van der Waals surface area contributed by atoms with Gasteiger partial charge in [-0.05, 0) is 47.0 Å². The highest BCUT2D eigenvalue weighted by Gasteiger charge is 2.07. The third-order valence-corrected chi connectivity index (χ3v) is 4.94. The van der Waals surface area contributed by atoms with Gasteiger partial charge in [0, 0.05) is 23.2 Å². The van der Waals surface area contributed by atoms with Crippen molar-refractivity contribution in [2.45, 2.75) is 6.17 Å². The average Bonchev–Trinajstić information content (AvgIpc) is 2.84. The lowest BCUT2D eigenvalue weighted by Gasteiger charge is -2.14. The number of benzene rings is 4. The van der Waals surface area contributed by atoms with Crippen molar-refractivity contribution in [3.05, 3.63) is 120 Å². The van der Waals surface area contributed by atoms with Crippen LogP contribution in [0.4, 0.5) is 11.4 Å². The van der Waals surface area contributed by atoms with Crippen molar-refractivity contribution < 1.29 is 0 Å². The highest BCUT2D eigenvalue weighted by Crippen LogP contribution is 2.31. The predicted octanol–water partition coefficient (Wildman–Crippen LogP) is 6.05. The molecule has 0 aliphatic rings. The van der Waals surface area contributed by atoms with Gasteiger partial charge in [-0.1, -0.05) is 72.8 Å². The molecule has 4 aromatic carbocycles. The van der Waals surface area contributed by atoms with E-state index in [0.717, 1.165) is 33.6 Å². The third-order valence-electron chi connectivity index (χ3n) is 4.94. The molecule has 31 heavy (non-hydrogen) atoms. The van der Waals surface area contributed by atoms with Gasteiger partial charge in [0.05, 0.1) is 11.6 Å². The van der Waals surface area contributed by atoms with Gasteiger partial charge in [0.2, 0.25) is 0 Å². The highest BCUT2D eigenvalue weighted by atomic mass is 14.9. The van der Waals surface area contributed by atoms with Gasteiger partial charge in [-0.3, -0.25) is 4.99 Å². The van der Waals surface area contributed by atoms with Crippen molar-refractivity contribution in [1.82, 2.24) is 0 Å². The second-order valence-electron chi connectivity index (χ2n) is 7.12. The molecule has 4 nitrogen and oxygen atoms in total. The minimum atomic E-state index is -0.421. The number of nitrogens with one attached hydrogen (secondary N) is 1. The number of para-hydroxylation sites is 1. The molecule has 150 valence electrons. The summed E-state index contributed by atoms with van der Waals surface area (Å²) in [5.74, 6) is 0. The molecular formula is C27H22N4. The van der Waals surface area contributed by atoms with E-state index < -0.39 is 6.17 Å². The maximum absolute atomic E-state index is 9.20. The van der Waals surface area contributed by atoms with Gasteiger partial charge in [0.1, 0.15) is 6.17 Å². The Bertz CT molecular complexity index is 1220. The monoisotopic (exact) mass is 402 g/mol. The van der Waals surface area contributed by atoms with Gasteiger partial charge in [0.15, 0.2) is 0 Å². The fourth-order valence-corrected chi connectivity index (χ4v) is 3.31. The number of anilines is 2. The Hall–Kier alpha value is -4.20. The van der Waals surface area contributed by atoms with E-state index in [1.807, 2.05) is 103 Å². The van der Waals surface area contributed by atoms with Crippen LogP contribution in [-0.2, 0) is 0 Å². The molecule has 0 saturated carbocycles. The molecule has 4 heteroatoms. The van der Waals surface area contributed by atoms with E-state index in [1.54, 1.807) is 6.21 Å². The Morgan fingerprint density at radius 2 is 1.58 bits per heavy atom. The van der Waals surface area contributed by atoms with Crippen LogP contribution < -0.4 is 11.1 Å². The summed E-state index contributed by atoms with van der Waals surface area (Å²) in [5.41, 5.74) is 12.8. The van der Waals surface area contributed by atoms with Gasteiger partial charge in [0.25, 0.3) is 0 Å². The molecule has 0 aliphatic heterocycles. The molecule has 0 fully saturated rings. The van der Waals surface area contributed by atoms with Crippen LogP contribution >= 0.6 is 0 Å². The Morgan fingerprint density at radius 3 is 2.35 bits per heavy atom. The fourth-order valence-electron chi connectivity index (χ4n) is 3.31. The van der Waals surface area contributed by atoms with Crippen LogP contribution in [0.1, 0.15) is 22.9 Å². The molecule has 0 saturated heterocycles. The van der Waals surface area contributed by atoms with E-state index in [-0.39, 0.29) is 0 Å². The first kappa shape index (κ1) is 20.1. The van der Waals surface area contributed by atoms with E-state index in [2.05, 4.69) is 16.4 Å². The highest BCUT2D eigenvalue weighted by molar-refractivity contribution is 5.81. The van der Waals surface area contributed by atoms with Crippen LogP contribution in [0.15, 0.2) is 108 Å². The maximum Gasteiger partial charge on any atom is 0.123 e. The average molecular weight is 403 g/mol. The number of nitriles is 1. The van der Waals surface area contributed by atoms with Gasteiger partial charge in [-0.2, -0.15) is 5.26 Å². The van der Waals surface area contributed by atoms with E-state index in [1.165, 1.54) is 0 Å². The topological polar surface area (TPSA) is 74.2 Å². The summed E-state index contributed by atoms with van der Waals surface area (Å²) in [6, 6.07) is 35.7. The van der Waals surface area contributed by atoms with Crippen molar-refractivity contribution in [3.63, 3.8) is 0 Å². The van der Waals surface area contributed by atoms with Crippen LogP contribution in [0.2, 0.25) is 0 Å². The van der Waals surface area contributed by atoms with Crippen molar-refractivity contribution in [2.75, 3.05) is 5.32 Å². The van der Waals surface area contributed by atoms with Gasteiger partial charge >= 0.3 is 0 Å². The molecule has 0 radical (unpaired) electrons. The summed E-state index contributed by atoms with van der Waals surface area (Å²) in [7, 11) is 0. The summed E-state index contributed by atoms with van der Waals surface area (Å²) >= 11 is 0. The molecule has 0 heterocycles. The number of rotatable bonds is 6. The summed E-state index contributed by atoms with van der Waals surface area (Å²) < 4.78 is 0. The smallest absolute Gasteiger partial charge is 0.123 e. The Labute approximate surface area is 182 Å². The van der Waals surface area contributed by atoms with Crippen LogP contribution in [0.5, 0.6) is 0 Å². The quantitative estimate of drug-likeness (QED) is 0.386. The Balaban J connectivity index is 1.51. The first-order valence-corrected chi connectivity index (χ1v) is 10.0. The van der Waals surface area contributed by atoms with Crippen LogP contribution in [0.25, 0.3) is 11.1 Å². The number of nitrogens with two attached hydrogens (primary N) is 1. The zero-order valence-corrected chi connectivity index (χ0v) is 16.9. The third kappa shape index (κ3) is 5.05. The van der Waals surface area contributed by atoms with E-state index in [0.29, 0.717) is 5.56 Å². The molecule has 1 unspecified atom stereocenters. The SMILES string of the molecule is N#Cc1cccc(-c2ccccc2Nc2ccc(C(N)N=Cc3ccccc3)cc2)c1. The summed E-state index contributed by atoms with van der Waals surface area (Å²) in [6.45, 7) is 0. The molecule has 1 atom stereocenters. The van der Waals surface area contributed by atoms with Crippen molar-refractivity contribution >= 4 is 17.6 Å². The zero-order valence-electron chi connectivity index (χ0n) is 16.9. The first-order chi connectivity index (χ1) is 15.2. The number of aliphatic imine (C=N–C) groups is 1. The zero-order chi connectivity index (χ0) is 21.5. The largest absolute Gasteiger partial charge is 0.355 e. The Morgan fingerprint density at radius 1 is 0.839 bits per heavy atom. The van der Waals surface area contributed by atoms with E-state index in [9.17, 15) is 5.26 Å².